The topological polar surface area (TPSA) is 63.6 Å². The van der Waals surface area contributed by atoms with Crippen LogP contribution >= 0.6 is 0 Å². The molecule has 21 heavy (non-hydrogen) atoms. The number of hydrogen-bond donors (Lipinski definition) is 1. The van der Waals surface area contributed by atoms with Crippen LogP contribution in [0.5, 0.6) is 0 Å². The van der Waals surface area contributed by atoms with E-state index in [1.165, 1.54) is 0 Å². The summed E-state index contributed by atoms with van der Waals surface area (Å²) in [5, 5.41) is 4.27. The van der Waals surface area contributed by atoms with Crippen molar-refractivity contribution in [2.24, 2.45) is 11.7 Å². The Morgan fingerprint density at radius 3 is 3.10 bits per heavy atom. The maximum Gasteiger partial charge on any atom is 0.257 e. The van der Waals surface area contributed by atoms with E-state index >= 15 is 0 Å². The Kier molecular flexibility index (Phi) is 3.92. The quantitative estimate of drug-likeness (QED) is 0.934. The van der Waals surface area contributed by atoms with Gasteiger partial charge in [0.25, 0.3) is 5.91 Å². The van der Waals surface area contributed by atoms with Crippen molar-refractivity contribution >= 4 is 11.4 Å². The fraction of sp³-hybridized carbons (Fsp3) is 0.500. The first kappa shape index (κ1) is 14.1. The molecule has 112 valence electrons. The minimum atomic E-state index is 0.0732. The van der Waals surface area contributed by atoms with E-state index in [1.54, 1.807) is 10.7 Å². The van der Waals surface area contributed by atoms with Gasteiger partial charge in [0.2, 0.25) is 0 Å². The van der Waals surface area contributed by atoms with Gasteiger partial charge in [-0.3, -0.25) is 4.79 Å². The lowest BCUT2D eigenvalue weighted by Crippen LogP contribution is -2.44. The van der Waals surface area contributed by atoms with Gasteiger partial charge in [0.1, 0.15) is 0 Å². The molecule has 1 amide bonds. The molecule has 2 atom stereocenters. The third-order valence-electron chi connectivity index (χ3n) is 4.58. The number of rotatable bonds is 4. The Morgan fingerprint density at radius 1 is 1.48 bits per heavy atom. The smallest absolute Gasteiger partial charge is 0.257 e. The minimum Gasteiger partial charge on any atom is -0.335 e. The Bertz CT molecular complexity index is 636. The van der Waals surface area contributed by atoms with Crippen molar-refractivity contribution in [1.82, 2.24) is 14.5 Å². The molecule has 2 heterocycles. The lowest BCUT2D eigenvalue weighted by molar-refractivity contribution is 0.0654. The number of hydrogen-bond acceptors (Lipinski definition) is 3. The van der Waals surface area contributed by atoms with Gasteiger partial charge in [-0.05, 0) is 44.4 Å². The first-order valence-corrected chi connectivity index (χ1v) is 7.69. The second kappa shape index (κ2) is 5.85. The summed E-state index contributed by atoms with van der Waals surface area (Å²) in [6.45, 7) is 3.41. The molecule has 2 N–H and O–H groups in total. The van der Waals surface area contributed by atoms with Gasteiger partial charge in [0.05, 0.1) is 17.3 Å². The van der Waals surface area contributed by atoms with E-state index in [9.17, 15) is 4.79 Å². The molecule has 3 rings (SSSR count). The van der Waals surface area contributed by atoms with Gasteiger partial charge in [-0.15, -0.1) is 0 Å². The summed E-state index contributed by atoms with van der Waals surface area (Å²) >= 11 is 0. The first-order valence-electron chi connectivity index (χ1n) is 7.69. The predicted molar refractivity (Wildman–Crippen MR) is 82.1 cm³/mol. The summed E-state index contributed by atoms with van der Waals surface area (Å²) < 4.78 is 1.75. The van der Waals surface area contributed by atoms with Crippen LogP contribution in [0.25, 0.3) is 5.52 Å². The molecule has 2 aromatic rings. The van der Waals surface area contributed by atoms with Crippen LogP contribution in [0.2, 0.25) is 0 Å². The van der Waals surface area contributed by atoms with Crippen LogP contribution < -0.4 is 5.73 Å². The lowest BCUT2D eigenvalue weighted by Gasteiger charge is -2.31. The molecule has 1 aliphatic carbocycles. The predicted octanol–water partition coefficient (Wildman–Crippen LogP) is 1.92. The van der Waals surface area contributed by atoms with Crippen molar-refractivity contribution in [1.29, 1.82) is 0 Å². The van der Waals surface area contributed by atoms with Gasteiger partial charge in [-0.25, -0.2) is 4.52 Å². The summed E-state index contributed by atoms with van der Waals surface area (Å²) in [7, 11) is 0. The summed E-state index contributed by atoms with van der Waals surface area (Å²) in [5.41, 5.74) is 7.42. The molecule has 5 nitrogen and oxygen atoms in total. The number of carbonyl (C=O) groups is 1. The molecule has 0 aromatic carbocycles. The van der Waals surface area contributed by atoms with Crippen LogP contribution in [0.3, 0.4) is 0 Å². The van der Waals surface area contributed by atoms with Gasteiger partial charge < -0.3 is 10.6 Å². The van der Waals surface area contributed by atoms with Gasteiger partial charge in [0, 0.05) is 18.8 Å². The molecule has 2 unspecified atom stereocenters. The van der Waals surface area contributed by atoms with Crippen molar-refractivity contribution in [3.63, 3.8) is 0 Å². The molecule has 1 aliphatic rings. The third kappa shape index (κ3) is 2.42. The normalized spacial score (nSPS) is 21.8. The maximum absolute atomic E-state index is 12.9. The Hall–Kier alpha value is -1.88. The molecular formula is C16H22N4O. The van der Waals surface area contributed by atoms with Crippen molar-refractivity contribution < 1.29 is 4.79 Å². The van der Waals surface area contributed by atoms with Gasteiger partial charge in [0.15, 0.2) is 0 Å². The SMILES string of the molecule is CCN(C(=O)c1cnn2ccccc12)C1CCCC1CN. The molecule has 0 saturated heterocycles. The van der Waals surface area contributed by atoms with Crippen LogP contribution in [0.15, 0.2) is 30.6 Å². The molecule has 0 aliphatic heterocycles. The largest absolute Gasteiger partial charge is 0.335 e. The van der Waals surface area contributed by atoms with Crippen LogP contribution in [-0.2, 0) is 0 Å². The maximum atomic E-state index is 12.9. The van der Waals surface area contributed by atoms with Crippen LogP contribution in [0, 0.1) is 5.92 Å². The fourth-order valence-corrected chi connectivity index (χ4v) is 3.49. The summed E-state index contributed by atoms with van der Waals surface area (Å²) in [5.74, 6) is 0.500. The van der Waals surface area contributed by atoms with E-state index in [4.69, 9.17) is 5.73 Å². The minimum absolute atomic E-state index is 0.0732. The van der Waals surface area contributed by atoms with Crippen molar-refractivity contribution in [3.05, 3.63) is 36.2 Å². The Labute approximate surface area is 124 Å². The van der Waals surface area contributed by atoms with Gasteiger partial charge in [-0.1, -0.05) is 12.5 Å². The van der Waals surface area contributed by atoms with E-state index < -0.39 is 0 Å². The second-order valence-corrected chi connectivity index (χ2v) is 5.67. The molecule has 0 spiro atoms. The monoisotopic (exact) mass is 286 g/mol. The number of carbonyl (C=O) groups excluding carboxylic acids is 1. The third-order valence-corrected chi connectivity index (χ3v) is 4.58. The number of amides is 1. The Balaban J connectivity index is 1.92. The van der Waals surface area contributed by atoms with Crippen molar-refractivity contribution in [2.45, 2.75) is 32.2 Å². The zero-order valence-electron chi connectivity index (χ0n) is 12.4. The molecule has 1 fully saturated rings. The van der Waals surface area contributed by atoms with Crippen LogP contribution in [0.4, 0.5) is 0 Å². The van der Waals surface area contributed by atoms with Crippen LogP contribution in [0.1, 0.15) is 36.5 Å². The molecule has 0 bridgehead atoms. The van der Waals surface area contributed by atoms with E-state index in [0.29, 0.717) is 24.6 Å². The van der Waals surface area contributed by atoms with Crippen LogP contribution in [-0.4, -0.2) is 39.6 Å². The zero-order valence-corrected chi connectivity index (χ0v) is 12.4. The average molecular weight is 286 g/mol. The number of fused-ring (bicyclic) bond motifs is 1. The molecule has 2 aromatic heterocycles. The van der Waals surface area contributed by atoms with Crippen molar-refractivity contribution in [3.8, 4) is 0 Å². The molecular weight excluding hydrogens is 264 g/mol. The van der Waals surface area contributed by atoms with Gasteiger partial charge >= 0.3 is 0 Å². The average Bonchev–Trinajstić information content (AvgIpc) is 3.14. The van der Waals surface area contributed by atoms with E-state index in [1.807, 2.05) is 36.2 Å². The molecule has 5 heteroatoms. The fourth-order valence-electron chi connectivity index (χ4n) is 3.49. The highest BCUT2D eigenvalue weighted by molar-refractivity contribution is 6.00. The highest BCUT2D eigenvalue weighted by Crippen LogP contribution is 2.30. The van der Waals surface area contributed by atoms with E-state index in [2.05, 4.69) is 5.10 Å². The highest BCUT2D eigenvalue weighted by atomic mass is 16.2. The van der Waals surface area contributed by atoms with Gasteiger partial charge in [-0.2, -0.15) is 5.10 Å². The second-order valence-electron chi connectivity index (χ2n) is 5.67. The van der Waals surface area contributed by atoms with E-state index in [0.717, 1.165) is 24.8 Å². The molecule has 1 saturated carbocycles. The van der Waals surface area contributed by atoms with E-state index in [-0.39, 0.29) is 11.9 Å². The number of aromatic nitrogens is 2. The number of nitrogens with zero attached hydrogens (tertiary/aromatic N) is 3. The standard InChI is InChI=1S/C16H22N4O/c1-2-19(14-8-5-6-12(14)10-17)16(21)13-11-18-20-9-4-3-7-15(13)20/h3-4,7,9,11-12,14H,2,5-6,8,10,17H2,1H3. The number of nitrogens with two attached hydrogens (primary N) is 1. The zero-order chi connectivity index (χ0) is 14.8. The number of pyridine rings is 1. The first-order chi connectivity index (χ1) is 10.3. The Morgan fingerprint density at radius 2 is 2.33 bits per heavy atom. The summed E-state index contributed by atoms with van der Waals surface area (Å²) in [6.07, 6.45) is 6.87. The summed E-state index contributed by atoms with van der Waals surface area (Å²) in [4.78, 5) is 14.9. The molecule has 0 radical (unpaired) electrons. The van der Waals surface area contributed by atoms with Crippen molar-refractivity contribution in [2.75, 3.05) is 13.1 Å². The lowest BCUT2D eigenvalue weighted by atomic mass is 10.0. The highest BCUT2D eigenvalue weighted by Gasteiger charge is 2.34. The summed E-state index contributed by atoms with van der Waals surface area (Å²) in [6, 6.07) is 6.05.